The Morgan fingerprint density at radius 3 is 2.56 bits per heavy atom. The fraction of sp³-hybridized carbons (Fsp3) is 0.679. The predicted molar refractivity (Wildman–Crippen MR) is 134 cm³/mol. The first-order chi connectivity index (χ1) is 17.5. The molecule has 0 radical (unpaired) electrons. The van der Waals surface area contributed by atoms with E-state index in [9.17, 15) is 19.5 Å². The second kappa shape index (κ2) is 10.1. The van der Waals surface area contributed by atoms with Crippen LogP contribution in [0.3, 0.4) is 0 Å². The smallest absolute Gasteiger partial charge is 0.246 e. The van der Waals surface area contributed by atoms with Crippen molar-refractivity contribution in [2.24, 2.45) is 11.8 Å². The minimum Gasteiger partial charge on any atom is -0.396 e. The lowest BCUT2D eigenvalue weighted by Gasteiger charge is -2.35. The summed E-state index contributed by atoms with van der Waals surface area (Å²) in [5, 5.41) is 15.8. The Labute approximate surface area is 213 Å². The molecule has 36 heavy (non-hydrogen) atoms. The molecule has 2 unspecified atom stereocenters. The first-order valence-electron chi connectivity index (χ1n) is 13.7. The Bertz CT molecular complexity index is 981. The number of carbonyl (C=O) groups excluding carboxylic acids is 3. The Kier molecular flexibility index (Phi) is 7.10. The van der Waals surface area contributed by atoms with E-state index >= 15 is 0 Å². The van der Waals surface area contributed by atoms with E-state index in [1.807, 2.05) is 37.3 Å². The molecular formula is C28H39N3O5. The molecule has 8 nitrogen and oxygen atoms in total. The molecule has 1 aliphatic carbocycles. The second-order valence-corrected chi connectivity index (χ2v) is 11.0. The molecule has 3 saturated heterocycles. The van der Waals surface area contributed by atoms with Crippen LogP contribution in [0.4, 0.5) is 0 Å². The number of nitrogens with zero attached hydrogens (tertiary/aromatic N) is 1. The number of likely N-dealkylation sites (tertiary alicyclic amines) is 1. The minimum absolute atomic E-state index is 0.0703. The number of amides is 3. The molecule has 1 aromatic carbocycles. The molecule has 5 rings (SSSR count). The molecule has 4 fully saturated rings. The molecule has 8 heteroatoms. The van der Waals surface area contributed by atoms with Crippen molar-refractivity contribution < 1.29 is 24.2 Å². The van der Waals surface area contributed by atoms with Gasteiger partial charge in [0.15, 0.2) is 0 Å². The topological polar surface area (TPSA) is 108 Å². The van der Waals surface area contributed by atoms with E-state index in [-0.39, 0.29) is 36.9 Å². The van der Waals surface area contributed by atoms with Crippen LogP contribution in [0.15, 0.2) is 30.3 Å². The average Bonchev–Trinajstić information content (AvgIpc) is 3.50. The maximum Gasteiger partial charge on any atom is 0.246 e. The van der Waals surface area contributed by atoms with Crippen molar-refractivity contribution in [2.75, 3.05) is 13.2 Å². The van der Waals surface area contributed by atoms with E-state index in [1.54, 1.807) is 4.90 Å². The van der Waals surface area contributed by atoms with Crippen molar-refractivity contribution in [3.05, 3.63) is 35.9 Å². The van der Waals surface area contributed by atoms with Crippen LogP contribution >= 0.6 is 0 Å². The monoisotopic (exact) mass is 497 g/mol. The highest BCUT2D eigenvalue weighted by atomic mass is 16.5. The first kappa shape index (κ1) is 25.2. The molecule has 1 saturated carbocycles. The quantitative estimate of drug-likeness (QED) is 0.485. The third kappa shape index (κ3) is 4.12. The van der Waals surface area contributed by atoms with Crippen molar-refractivity contribution in [3.8, 4) is 0 Å². The number of nitrogens with one attached hydrogen (secondary N) is 2. The number of fused-ring (bicyclic) bond motifs is 1. The average molecular weight is 498 g/mol. The van der Waals surface area contributed by atoms with E-state index in [0.717, 1.165) is 31.2 Å². The Morgan fingerprint density at radius 2 is 1.86 bits per heavy atom. The van der Waals surface area contributed by atoms with Crippen LogP contribution in [0.2, 0.25) is 0 Å². The van der Waals surface area contributed by atoms with Gasteiger partial charge in [0.25, 0.3) is 0 Å². The zero-order valence-electron chi connectivity index (χ0n) is 21.2. The Morgan fingerprint density at radius 1 is 1.11 bits per heavy atom. The maximum absolute atomic E-state index is 13.9. The van der Waals surface area contributed by atoms with Crippen molar-refractivity contribution in [2.45, 2.75) is 94.5 Å². The molecule has 2 bridgehead atoms. The minimum atomic E-state index is -1.00. The van der Waals surface area contributed by atoms with Gasteiger partial charge in [-0.15, -0.1) is 0 Å². The molecule has 196 valence electrons. The van der Waals surface area contributed by atoms with Gasteiger partial charge in [-0.1, -0.05) is 56.5 Å². The molecule has 3 N–H and O–H groups in total. The summed E-state index contributed by atoms with van der Waals surface area (Å²) >= 11 is 0. The maximum atomic E-state index is 13.9. The fourth-order valence-corrected chi connectivity index (χ4v) is 7.32. The van der Waals surface area contributed by atoms with Crippen LogP contribution in [0.25, 0.3) is 0 Å². The highest BCUT2D eigenvalue weighted by Gasteiger charge is 2.78. The summed E-state index contributed by atoms with van der Waals surface area (Å²) in [5.74, 6) is -1.88. The molecule has 3 amide bonds. The van der Waals surface area contributed by atoms with Gasteiger partial charge in [0, 0.05) is 25.7 Å². The lowest BCUT2D eigenvalue weighted by atomic mass is 9.65. The third-order valence-electron chi connectivity index (χ3n) is 9.03. The molecule has 3 aliphatic heterocycles. The summed E-state index contributed by atoms with van der Waals surface area (Å²) in [4.78, 5) is 43.0. The Balaban J connectivity index is 1.43. The number of hydrogen-bond acceptors (Lipinski definition) is 5. The highest BCUT2D eigenvalue weighted by molar-refractivity contribution is 5.99. The highest BCUT2D eigenvalue weighted by Crippen LogP contribution is 2.64. The van der Waals surface area contributed by atoms with E-state index < -0.39 is 29.1 Å². The second-order valence-electron chi connectivity index (χ2n) is 11.0. The number of aliphatic hydroxyl groups is 1. The number of hydrogen-bond donors (Lipinski definition) is 3. The molecule has 3 heterocycles. The van der Waals surface area contributed by atoms with E-state index in [1.165, 1.54) is 6.42 Å². The van der Waals surface area contributed by atoms with Crippen LogP contribution in [0.1, 0.15) is 70.3 Å². The normalized spacial score (nSPS) is 33.6. The zero-order valence-corrected chi connectivity index (χ0v) is 21.2. The summed E-state index contributed by atoms with van der Waals surface area (Å²) in [6.45, 7) is 2.59. The van der Waals surface area contributed by atoms with Gasteiger partial charge in [-0.05, 0) is 44.1 Å². The van der Waals surface area contributed by atoms with Crippen LogP contribution in [0.5, 0.6) is 0 Å². The molecule has 0 aromatic heterocycles. The molecular weight excluding hydrogens is 458 g/mol. The number of benzene rings is 1. The van der Waals surface area contributed by atoms with Gasteiger partial charge >= 0.3 is 0 Å². The number of ether oxygens (including phenoxy) is 1. The number of aliphatic hydroxyl groups excluding tert-OH is 1. The molecule has 1 spiro atoms. The van der Waals surface area contributed by atoms with Gasteiger partial charge in [0.1, 0.15) is 11.6 Å². The van der Waals surface area contributed by atoms with Crippen molar-refractivity contribution in [1.29, 1.82) is 0 Å². The fourth-order valence-electron chi connectivity index (χ4n) is 7.32. The number of rotatable bonds is 9. The molecule has 5 atom stereocenters. The lowest BCUT2D eigenvalue weighted by Crippen LogP contribution is -2.57. The van der Waals surface area contributed by atoms with Gasteiger partial charge in [0.2, 0.25) is 17.7 Å². The van der Waals surface area contributed by atoms with Gasteiger partial charge in [-0.3, -0.25) is 14.4 Å². The third-order valence-corrected chi connectivity index (χ3v) is 9.03. The summed E-state index contributed by atoms with van der Waals surface area (Å²) in [6.07, 6.45) is 7.49. The SMILES string of the molecule is CC[C@@]12CCC3(O1)C(C(=O)NC1CCCCC1)N(CCCO)C(=O)[C@@H]3[C@@H]2C(=O)NCc1ccccc1. The summed E-state index contributed by atoms with van der Waals surface area (Å²) in [6, 6.07) is 9.04. The summed E-state index contributed by atoms with van der Waals surface area (Å²) in [5.41, 5.74) is -0.758. The van der Waals surface area contributed by atoms with E-state index in [0.29, 0.717) is 32.2 Å². The van der Waals surface area contributed by atoms with Crippen LogP contribution in [-0.4, -0.2) is 64.2 Å². The standard InChI is InChI=1S/C28H39N3O5/c1-2-27-14-15-28(36-27)22(21(27)24(33)29-18-19-10-5-3-6-11-19)26(35)31(16-9-17-32)23(28)25(34)30-20-12-7-4-8-13-20/h3,5-6,10-11,20-23,32H,2,4,7-9,12-18H2,1H3,(H,29,33)(H,30,34)/t21-,22+,23?,27+,28?/m1/s1. The zero-order chi connectivity index (χ0) is 25.3. The predicted octanol–water partition coefficient (Wildman–Crippen LogP) is 2.29. The van der Waals surface area contributed by atoms with Crippen molar-refractivity contribution >= 4 is 17.7 Å². The Hall–Kier alpha value is -2.45. The van der Waals surface area contributed by atoms with Gasteiger partial charge in [-0.25, -0.2) is 0 Å². The van der Waals surface area contributed by atoms with Gasteiger partial charge in [0.05, 0.1) is 17.4 Å². The molecule has 1 aromatic rings. The number of carbonyl (C=O) groups is 3. The first-order valence-corrected chi connectivity index (χ1v) is 13.7. The van der Waals surface area contributed by atoms with Crippen molar-refractivity contribution in [3.63, 3.8) is 0 Å². The van der Waals surface area contributed by atoms with E-state index in [2.05, 4.69) is 10.6 Å². The van der Waals surface area contributed by atoms with Gasteiger partial charge in [-0.2, -0.15) is 0 Å². The van der Waals surface area contributed by atoms with Crippen molar-refractivity contribution in [1.82, 2.24) is 15.5 Å². The summed E-state index contributed by atoms with van der Waals surface area (Å²) < 4.78 is 6.76. The largest absolute Gasteiger partial charge is 0.396 e. The van der Waals surface area contributed by atoms with E-state index in [4.69, 9.17) is 4.74 Å². The molecule has 4 aliphatic rings. The van der Waals surface area contributed by atoms with Crippen LogP contribution < -0.4 is 10.6 Å². The summed E-state index contributed by atoms with van der Waals surface area (Å²) in [7, 11) is 0. The lowest BCUT2D eigenvalue weighted by molar-refractivity contribution is -0.148. The van der Waals surface area contributed by atoms with Gasteiger partial charge < -0.3 is 25.4 Å². The van der Waals surface area contributed by atoms with Crippen LogP contribution in [0, 0.1) is 11.8 Å². The van der Waals surface area contributed by atoms with Crippen LogP contribution in [-0.2, 0) is 25.7 Å².